The Morgan fingerprint density at radius 1 is 1.10 bits per heavy atom. The van der Waals surface area contributed by atoms with Crippen LogP contribution >= 0.6 is 0 Å². The van der Waals surface area contributed by atoms with Crippen molar-refractivity contribution in [2.45, 2.75) is 59.0 Å². The van der Waals surface area contributed by atoms with Gasteiger partial charge >= 0.3 is 12.2 Å². The molecule has 1 aliphatic rings. The Bertz CT molecular complexity index is 1190. The summed E-state index contributed by atoms with van der Waals surface area (Å²) >= 11 is 0. The van der Waals surface area contributed by atoms with Crippen LogP contribution in [0.3, 0.4) is 0 Å². The average molecular weight is 538 g/mol. The maximum Gasteiger partial charge on any atom is 0.417 e. The van der Waals surface area contributed by atoms with Gasteiger partial charge in [-0.3, -0.25) is 10.1 Å². The highest BCUT2D eigenvalue weighted by Gasteiger charge is 2.27. The van der Waals surface area contributed by atoms with Gasteiger partial charge in [-0.15, -0.1) is 4.91 Å². The number of hydrazone groups is 1. The van der Waals surface area contributed by atoms with Crippen molar-refractivity contribution < 1.29 is 23.9 Å². The summed E-state index contributed by atoms with van der Waals surface area (Å²) in [4.78, 5) is 47.3. The third-order valence-electron chi connectivity index (χ3n) is 6.08. The number of ether oxygens (including phenoxy) is 2. The second-order valence-electron chi connectivity index (χ2n) is 9.96. The Morgan fingerprint density at radius 2 is 1.79 bits per heavy atom. The lowest BCUT2D eigenvalue weighted by molar-refractivity contribution is -0.132. The maximum absolute atomic E-state index is 12.6. The van der Waals surface area contributed by atoms with Crippen LogP contribution in [-0.4, -0.2) is 47.5 Å². The van der Waals surface area contributed by atoms with E-state index in [1.54, 1.807) is 12.1 Å². The van der Waals surface area contributed by atoms with E-state index in [0.29, 0.717) is 31.6 Å². The van der Waals surface area contributed by atoms with Crippen LogP contribution < -0.4 is 15.4 Å². The van der Waals surface area contributed by atoms with E-state index in [-0.39, 0.29) is 23.3 Å². The smallest absolute Gasteiger partial charge is 0.417 e. The molecule has 0 saturated heterocycles. The Balaban J connectivity index is 1.53. The monoisotopic (exact) mass is 537 g/mol. The molecule has 0 spiro atoms. The number of benzene rings is 2. The molecule has 0 bridgehead atoms. The molecule has 0 aliphatic carbocycles. The molecule has 208 valence electrons. The molecule has 1 unspecified atom stereocenters. The minimum Gasteiger partial charge on any atom is -0.444 e. The van der Waals surface area contributed by atoms with Crippen LogP contribution in [0.15, 0.2) is 58.8 Å². The Kier molecular flexibility index (Phi) is 10.1. The topological polar surface area (TPSA) is 139 Å². The zero-order valence-electron chi connectivity index (χ0n) is 22.7. The van der Waals surface area contributed by atoms with Crippen LogP contribution in [0.5, 0.6) is 5.75 Å². The van der Waals surface area contributed by atoms with E-state index in [4.69, 9.17) is 9.47 Å². The van der Waals surface area contributed by atoms with Crippen LogP contribution in [0, 0.1) is 10.8 Å². The maximum atomic E-state index is 12.6. The molecule has 0 saturated carbocycles. The van der Waals surface area contributed by atoms with Crippen molar-refractivity contribution in [2.75, 3.05) is 18.4 Å². The number of carbonyl (C=O) groups is 3. The average Bonchev–Trinajstić information content (AvgIpc) is 2.88. The lowest BCUT2D eigenvalue weighted by Gasteiger charge is -2.28. The fourth-order valence-corrected chi connectivity index (χ4v) is 4.17. The minimum absolute atomic E-state index is 0.0732. The van der Waals surface area contributed by atoms with E-state index >= 15 is 0 Å². The Morgan fingerprint density at radius 3 is 2.44 bits per heavy atom. The number of nitrogens with one attached hydrogen (secondary N) is 2. The molecule has 0 fully saturated rings. The van der Waals surface area contributed by atoms with Crippen LogP contribution in [0.25, 0.3) is 0 Å². The van der Waals surface area contributed by atoms with Gasteiger partial charge in [0.15, 0.2) is 0 Å². The van der Waals surface area contributed by atoms with Crippen molar-refractivity contribution >= 4 is 35.2 Å². The summed E-state index contributed by atoms with van der Waals surface area (Å²) in [6.07, 6.45) is 1.39. The van der Waals surface area contributed by atoms with Crippen LogP contribution in [0.1, 0.15) is 58.9 Å². The standard InChI is InChI=1S/C28H35N5O6/c1-5-15-28(3,4)39-26(35)29-16-6-17-33-24(34)18-19(2)25(31-33)20-7-9-21(10-8-20)30-27(36)38-23-13-11-22(32-37)12-14-23/h7-14,19H,5-6,15-18H2,1-4H3,(H,29,35)(H,30,36). The van der Waals surface area contributed by atoms with Gasteiger partial charge in [0, 0.05) is 31.1 Å². The summed E-state index contributed by atoms with van der Waals surface area (Å²) < 4.78 is 10.7. The number of carbonyl (C=O) groups excluding carboxylic acids is 3. The first-order valence-electron chi connectivity index (χ1n) is 13.0. The highest BCUT2D eigenvalue weighted by atomic mass is 16.6. The van der Waals surface area contributed by atoms with E-state index in [2.05, 4.69) is 20.9 Å². The molecule has 1 atom stereocenters. The number of anilines is 1. The number of nitrogens with zero attached hydrogens (tertiary/aromatic N) is 3. The highest BCUT2D eigenvalue weighted by Crippen LogP contribution is 2.23. The van der Waals surface area contributed by atoms with E-state index in [9.17, 15) is 19.3 Å². The van der Waals surface area contributed by atoms with Gasteiger partial charge in [-0.2, -0.15) is 5.10 Å². The fourth-order valence-electron chi connectivity index (χ4n) is 4.17. The van der Waals surface area contributed by atoms with Crippen LogP contribution in [-0.2, 0) is 9.53 Å². The molecule has 0 aromatic heterocycles. The molecule has 3 rings (SSSR count). The minimum atomic E-state index is -0.680. The first kappa shape index (κ1) is 29.3. The molecular formula is C28H35N5O6. The van der Waals surface area contributed by atoms with Crippen molar-refractivity contribution in [2.24, 2.45) is 16.2 Å². The Labute approximate surface area is 227 Å². The molecule has 0 radical (unpaired) electrons. The molecule has 11 nitrogen and oxygen atoms in total. The molecule has 1 aliphatic heterocycles. The zero-order valence-corrected chi connectivity index (χ0v) is 22.7. The van der Waals surface area contributed by atoms with Gasteiger partial charge in [0.05, 0.1) is 5.71 Å². The second kappa shape index (κ2) is 13.5. The van der Waals surface area contributed by atoms with Crippen molar-refractivity contribution in [3.63, 3.8) is 0 Å². The zero-order chi connectivity index (χ0) is 28.4. The molecule has 2 N–H and O–H groups in total. The highest BCUT2D eigenvalue weighted by molar-refractivity contribution is 6.06. The predicted octanol–water partition coefficient (Wildman–Crippen LogP) is 5.96. The molecule has 1 heterocycles. The van der Waals surface area contributed by atoms with Gasteiger partial charge in [0.1, 0.15) is 17.0 Å². The molecule has 39 heavy (non-hydrogen) atoms. The summed E-state index contributed by atoms with van der Waals surface area (Å²) in [7, 11) is 0. The van der Waals surface area contributed by atoms with E-state index in [0.717, 1.165) is 24.1 Å². The van der Waals surface area contributed by atoms with Gasteiger partial charge in [0.25, 0.3) is 0 Å². The third kappa shape index (κ3) is 8.91. The molecule has 3 amide bonds. The number of hydrogen-bond acceptors (Lipinski definition) is 8. The summed E-state index contributed by atoms with van der Waals surface area (Å²) in [6, 6.07) is 12.9. The lowest BCUT2D eigenvalue weighted by Crippen LogP contribution is -2.39. The fraction of sp³-hybridized carbons (Fsp3) is 0.429. The molecule has 2 aromatic rings. The van der Waals surface area contributed by atoms with Gasteiger partial charge in [-0.05, 0) is 73.8 Å². The largest absolute Gasteiger partial charge is 0.444 e. The Hall–Kier alpha value is -4.28. The van der Waals surface area contributed by atoms with Gasteiger partial charge in [0.2, 0.25) is 5.91 Å². The third-order valence-corrected chi connectivity index (χ3v) is 6.08. The van der Waals surface area contributed by atoms with Crippen molar-refractivity contribution in [3.8, 4) is 5.75 Å². The predicted molar refractivity (Wildman–Crippen MR) is 148 cm³/mol. The van der Waals surface area contributed by atoms with Gasteiger partial charge in [-0.25, -0.2) is 14.6 Å². The lowest BCUT2D eigenvalue weighted by atomic mass is 9.93. The van der Waals surface area contributed by atoms with Crippen LogP contribution in [0.2, 0.25) is 0 Å². The first-order chi connectivity index (χ1) is 18.6. The number of nitroso groups, excluding NO2 is 1. The summed E-state index contributed by atoms with van der Waals surface area (Å²) in [5.41, 5.74) is 1.83. The van der Waals surface area contributed by atoms with Gasteiger partial charge < -0.3 is 14.8 Å². The number of hydrogen-bond donors (Lipinski definition) is 2. The summed E-state index contributed by atoms with van der Waals surface area (Å²) in [6.45, 7) is 8.46. The van der Waals surface area contributed by atoms with E-state index in [1.807, 2.05) is 39.8 Å². The van der Waals surface area contributed by atoms with Crippen LogP contribution in [0.4, 0.5) is 21.0 Å². The number of alkyl carbamates (subject to hydrolysis) is 1. The van der Waals surface area contributed by atoms with Crippen molar-refractivity contribution in [1.82, 2.24) is 10.3 Å². The molecule has 2 aromatic carbocycles. The number of amides is 3. The van der Waals surface area contributed by atoms with Crippen molar-refractivity contribution in [3.05, 3.63) is 59.0 Å². The second-order valence-corrected chi connectivity index (χ2v) is 9.96. The molecular weight excluding hydrogens is 502 g/mol. The summed E-state index contributed by atoms with van der Waals surface area (Å²) in [5.74, 6) is 0.130. The van der Waals surface area contributed by atoms with Gasteiger partial charge in [-0.1, -0.05) is 32.4 Å². The first-order valence-corrected chi connectivity index (χ1v) is 13.0. The van der Waals surface area contributed by atoms with Crippen molar-refractivity contribution in [1.29, 1.82) is 0 Å². The van der Waals surface area contributed by atoms with E-state index in [1.165, 1.54) is 29.3 Å². The number of rotatable bonds is 11. The normalized spacial score (nSPS) is 15.3. The van der Waals surface area contributed by atoms with E-state index < -0.39 is 17.8 Å². The summed E-state index contributed by atoms with van der Waals surface area (Å²) in [5, 5.41) is 14.2. The quantitative estimate of drug-likeness (QED) is 0.268. The molecule has 11 heteroatoms. The SMILES string of the molecule is CCCC(C)(C)OC(=O)NCCCN1N=C(c2ccc(NC(=O)Oc3ccc(N=O)cc3)cc2)C(C)CC1=O.